The number of hydrogen-bond acceptors (Lipinski definition) is 4. The van der Waals surface area contributed by atoms with Crippen molar-refractivity contribution in [2.45, 2.75) is 0 Å². The minimum absolute atomic E-state index is 0.585. The Hall–Kier alpha value is -7.89. The molecule has 0 fully saturated rings. The van der Waals surface area contributed by atoms with Crippen molar-refractivity contribution in [1.29, 1.82) is 0 Å². The van der Waals surface area contributed by atoms with Crippen molar-refractivity contribution in [3.8, 4) is 51.0 Å². The highest BCUT2D eigenvalue weighted by atomic mass is 16.3. The van der Waals surface area contributed by atoms with Crippen molar-refractivity contribution in [3.05, 3.63) is 194 Å². The van der Waals surface area contributed by atoms with Gasteiger partial charge in [-0.3, -0.25) is 0 Å². The lowest BCUT2D eigenvalue weighted by molar-refractivity contribution is 0.669. The Morgan fingerprint density at radius 2 is 0.810 bits per heavy atom. The number of rotatable bonds is 5. The van der Waals surface area contributed by atoms with Crippen LogP contribution in [0, 0.1) is 0 Å². The van der Waals surface area contributed by atoms with E-state index in [2.05, 4.69) is 138 Å². The smallest absolute Gasteiger partial charge is 0.164 e. The van der Waals surface area contributed by atoms with Crippen molar-refractivity contribution in [1.82, 2.24) is 19.5 Å². The molecule has 0 aliphatic carbocycles. The van der Waals surface area contributed by atoms with Crippen LogP contribution in [0.5, 0.6) is 0 Å². The lowest BCUT2D eigenvalue weighted by Gasteiger charge is -2.13. The van der Waals surface area contributed by atoms with Crippen LogP contribution in [-0.4, -0.2) is 19.5 Å². The number of nitrogens with zero attached hydrogens (tertiary/aromatic N) is 4. The largest absolute Gasteiger partial charge is 0.456 e. The van der Waals surface area contributed by atoms with Gasteiger partial charge in [0, 0.05) is 32.8 Å². The van der Waals surface area contributed by atoms with Crippen LogP contribution in [0.25, 0.3) is 116 Å². The molecule has 12 aromatic rings. The zero-order valence-corrected chi connectivity index (χ0v) is 31.2. The van der Waals surface area contributed by atoms with E-state index in [9.17, 15) is 0 Å². The van der Waals surface area contributed by atoms with E-state index in [1.165, 1.54) is 32.3 Å². The van der Waals surface area contributed by atoms with E-state index in [0.717, 1.165) is 66.5 Å². The molecule has 0 aliphatic rings. The Kier molecular flexibility index (Phi) is 7.16. The highest BCUT2D eigenvalue weighted by molar-refractivity contribution is 6.29. The van der Waals surface area contributed by atoms with Crippen molar-refractivity contribution in [2.75, 3.05) is 0 Å². The van der Waals surface area contributed by atoms with Gasteiger partial charge in [0.15, 0.2) is 17.5 Å². The van der Waals surface area contributed by atoms with E-state index in [0.29, 0.717) is 17.5 Å². The minimum Gasteiger partial charge on any atom is -0.456 e. The van der Waals surface area contributed by atoms with E-state index < -0.39 is 0 Å². The zero-order chi connectivity index (χ0) is 38.2. The summed E-state index contributed by atoms with van der Waals surface area (Å²) in [7, 11) is 0. The van der Waals surface area contributed by atoms with Crippen molar-refractivity contribution in [3.63, 3.8) is 0 Å². The van der Waals surface area contributed by atoms with Gasteiger partial charge < -0.3 is 8.98 Å². The fourth-order valence-corrected chi connectivity index (χ4v) is 8.74. The Morgan fingerprint density at radius 1 is 0.328 bits per heavy atom. The molecular formula is C53H32N4O. The summed E-state index contributed by atoms with van der Waals surface area (Å²) in [5.74, 6) is 1.83. The number of fused-ring (bicyclic) bond motifs is 10. The first kappa shape index (κ1) is 32.4. The van der Waals surface area contributed by atoms with Gasteiger partial charge >= 0.3 is 0 Å². The average Bonchev–Trinajstić information content (AvgIpc) is 3.85. The highest BCUT2D eigenvalue weighted by Gasteiger charge is 2.23. The molecule has 5 nitrogen and oxygen atoms in total. The van der Waals surface area contributed by atoms with Crippen molar-refractivity contribution >= 4 is 65.3 Å². The van der Waals surface area contributed by atoms with Crippen LogP contribution in [0.3, 0.4) is 0 Å². The van der Waals surface area contributed by atoms with Crippen LogP contribution < -0.4 is 0 Å². The van der Waals surface area contributed by atoms with Crippen molar-refractivity contribution < 1.29 is 4.42 Å². The van der Waals surface area contributed by atoms with Crippen LogP contribution in [0.1, 0.15) is 0 Å². The first-order chi connectivity index (χ1) is 28.7. The van der Waals surface area contributed by atoms with Gasteiger partial charge in [-0.25, -0.2) is 15.0 Å². The molecule has 0 spiro atoms. The van der Waals surface area contributed by atoms with Gasteiger partial charge in [0.2, 0.25) is 0 Å². The van der Waals surface area contributed by atoms with Gasteiger partial charge in [0.1, 0.15) is 11.2 Å². The Bertz CT molecular complexity index is 3400. The van der Waals surface area contributed by atoms with Crippen molar-refractivity contribution in [2.24, 2.45) is 0 Å². The molecule has 0 N–H and O–H groups in total. The maximum Gasteiger partial charge on any atom is 0.164 e. The summed E-state index contributed by atoms with van der Waals surface area (Å²) >= 11 is 0. The lowest BCUT2D eigenvalue weighted by atomic mass is 10.00. The summed E-state index contributed by atoms with van der Waals surface area (Å²) in [5.41, 5.74) is 9.84. The SMILES string of the molecule is c1ccc(-c2cc(-n3c4ccc5ccccc5c4c4c5ccccc5ccc43)c3c(c2)oc2cc(-c4nc(-c5ccccc5)nc(-c5ccccc5)n4)ccc23)cc1. The van der Waals surface area contributed by atoms with Gasteiger partial charge in [-0.05, 0) is 69.1 Å². The molecular weight excluding hydrogens is 709 g/mol. The number of hydrogen-bond donors (Lipinski definition) is 0. The molecule has 0 radical (unpaired) electrons. The average molecular weight is 741 g/mol. The maximum atomic E-state index is 6.93. The van der Waals surface area contributed by atoms with Gasteiger partial charge in [-0.1, -0.05) is 158 Å². The first-order valence-corrected chi connectivity index (χ1v) is 19.5. The van der Waals surface area contributed by atoms with E-state index in [1.807, 2.05) is 60.7 Å². The molecule has 0 atom stereocenters. The third-order valence-corrected chi connectivity index (χ3v) is 11.4. The second kappa shape index (κ2) is 12.8. The van der Waals surface area contributed by atoms with E-state index >= 15 is 0 Å². The summed E-state index contributed by atoms with van der Waals surface area (Å²) in [6.07, 6.45) is 0. The second-order valence-corrected chi connectivity index (χ2v) is 14.8. The van der Waals surface area contributed by atoms with Gasteiger partial charge in [0.25, 0.3) is 0 Å². The summed E-state index contributed by atoms with van der Waals surface area (Å²) in [4.78, 5) is 15.0. The number of benzene rings is 9. The molecule has 0 aliphatic heterocycles. The number of furan rings is 1. The standard InChI is InChI=1S/C53H32N4O/c1-4-14-33(15-5-1)39-30-45(57-43-28-25-34-16-10-12-22-40(34)49(43)50-41-23-13-11-17-35(41)26-29-44(50)57)48-42-27-24-38(31-46(42)58-47(48)32-39)53-55-51(36-18-6-2-7-19-36)54-52(56-53)37-20-8-3-9-21-37/h1-32H. The highest BCUT2D eigenvalue weighted by Crippen LogP contribution is 2.45. The van der Waals surface area contributed by atoms with Crippen LogP contribution >= 0.6 is 0 Å². The summed E-state index contributed by atoms with van der Waals surface area (Å²) in [6, 6.07) is 68.0. The lowest BCUT2D eigenvalue weighted by Crippen LogP contribution is -2.00. The van der Waals surface area contributed by atoms with E-state index in [4.69, 9.17) is 19.4 Å². The maximum absolute atomic E-state index is 6.93. The predicted molar refractivity (Wildman–Crippen MR) is 238 cm³/mol. The summed E-state index contributed by atoms with van der Waals surface area (Å²) in [5, 5.41) is 9.47. The van der Waals surface area contributed by atoms with Crippen LogP contribution in [0.2, 0.25) is 0 Å². The van der Waals surface area contributed by atoms with E-state index in [-0.39, 0.29) is 0 Å². The molecule has 0 bridgehead atoms. The molecule has 9 aromatic carbocycles. The Balaban J connectivity index is 1.15. The summed E-state index contributed by atoms with van der Waals surface area (Å²) in [6.45, 7) is 0. The molecule has 0 saturated heterocycles. The topological polar surface area (TPSA) is 56.7 Å². The third-order valence-electron chi connectivity index (χ3n) is 11.4. The molecule has 12 rings (SSSR count). The van der Waals surface area contributed by atoms with Crippen LogP contribution in [0.15, 0.2) is 199 Å². The molecule has 3 heterocycles. The minimum atomic E-state index is 0.585. The third kappa shape index (κ3) is 5.07. The fourth-order valence-electron chi connectivity index (χ4n) is 8.74. The normalized spacial score (nSPS) is 11.8. The van der Waals surface area contributed by atoms with E-state index in [1.54, 1.807) is 0 Å². The molecule has 58 heavy (non-hydrogen) atoms. The quantitative estimate of drug-likeness (QED) is 0.176. The molecule has 0 amide bonds. The fraction of sp³-hybridized carbons (Fsp3) is 0. The summed E-state index contributed by atoms with van der Waals surface area (Å²) < 4.78 is 9.38. The second-order valence-electron chi connectivity index (χ2n) is 14.8. The van der Waals surface area contributed by atoms with Gasteiger partial charge in [-0.15, -0.1) is 0 Å². The molecule has 0 saturated carbocycles. The molecule has 270 valence electrons. The molecule has 5 heteroatoms. The van der Waals surface area contributed by atoms with Crippen LogP contribution in [0.4, 0.5) is 0 Å². The van der Waals surface area contributed by atoms with Gasteiger partial charge in [0.05, 0.1) is 22.1 Å². The molecule has 0 unspecified atom stereocenters. The zero-order valence-electron chi connectivity index (χ0n) is 31.2. The predicted octanol–water partition coefficient (Wildman–Crippen LogP) is 13.8. The Morgan fingerprint density at radius 3 is 1.38 bits per heavy atom. The van der Waals surface area contributed by atoms with Crippen LogP contribution in [-0.2, 0) is 0 Å². The molecule has 3 aromatic heterocycles. The number of aromatic nitrogens is 4. The van der Waals surface area contributed by atoms with Gasteiger partial charge in [-0.2, -0.15) is 0 Å². The monoisotopic (exact) mass is 740 g/mol. The first-order valence-electron chi connectivity index (χ1n) is 19.5. The Labute approximate surface area is 333 Å².